The lowest BCUT2D eigenvalue weighted by Gasteiger charge is -2.51. The molecule has 0 amide bonds. The molecule has 0 spiro atoms. The predicted octanol–water partition coefficient (Wildman–Crippen LogP) is 4.12. The van der Waals surface area contributed by atoms with Gasteiger partial charge in [0.2, 0.25) is 0 Å². The van der Waals surface area contributed by atoms with E-state index in [9.17, 15) is 9.59 Å². The molecule has 2 heterocycles. The molecule has 0 unspecified atom stereocenters. The lowest BCUT2D eigenvalue weighted by atomic mass is 9.55. The second-order valence-corrected chi connectivity index (χ2v) is 8.49. The van der Waals surface area contributed by atoms with E-state index in [0.717, 1.165) is 24.8 Å². The molecular weight excluding hydrogens is 366 g/mol. The number of pyridine rings is 1. The molecule has 3 fully saturated rings. The number of hydrogen-bond donors (Lipinski definition) is 0. The Balaban J connectivity index is 1.52. The largest absolute Gasteiger partial charge is 0.458 e. The fourth-order valence-electron chi connectivity index (χ4n) is 4.89. The summed E-state index contributed by atoms with van der Waals surface area (Å²) in [6.07, 6.45) is 5.61. The van der Waals surface area contributed by atoms with Crippen LogP contribution in [0.4, 0.5) is 0 Å². The molecule has 1 aromatic rings. The summed E-state index contributed by atoms with van der Waals surface area (Å²) in [6, 6.07) is 1.56. The average molecular weight is 388 g/mol. The molecule has 6 heteroatoms. The SMILES string of the molecule is C=C1C(=O)O[C@@H]2C[C@@]3(C)CC[C@@H](OC(=O)c4cnccc4Cl)C(=C)[C@@H]3C[C@H]12. The van der Waals surface area contributed by atoms with E-state index in [4.69, 9.17) is 21.1 Å². The number of aromatic nitrogens is 1. The second-order valence-electron chi connectivity index (χ2n) is 8.08. The van der Waals surface area contributed by atoms with Crippen LogP contribution in [0.25, 0.3) is 0 Å². The molecule has 1 saturated heterocycles. The Morgan fingerprint density at radius 3 is 2.96 bits per heavy atom. The van der Waals surface area contributed by atoms with Gasteiger partial charge in [0.25, 0.3) is 0 Å². The highest BCUT2D eigenvalue weighted by Gasteiger charge is 2.54. The van der Waals surface area contributed by atoms with E-state index in [2.05, 4.69) is 25.1 Å². The molecule has 0 aromatic carbocycles. The Hall–Kier alpha value is -2.14. The Morgan fingerprint density at radius 1 is 1.44 bits per heavy atom. The van der Waals surface area contributed by atoms with Crippen LogP contribution in [0.15, 0.2) is 42.8 Å². The van der Waals surface area contributed by atoms with Crippen LogP contribution in [0, 0.1) is 17.3 Å². The first-order valence-corrected chi connectivity index (χ1v) is 9.57. The van der Waals surface area contributed by atoms with Gasteiger partial charge in [-0.05, 0) is 48.7 Å². The van der Waals surface area contributed by atoms with E-state index in [0.29, 0.717) is 17.0 Å². The number of esters is 2. The van der Waals surface area contributed by atoms with Gasteiger partial charge in [-0.25, -0.2) is 9.59 Å². The van der Waals surface area contributed by atoms with Crippen molar-refractivity contribution in [2.24, 2.45) is 17.3 Å². The fourth-order valence-corrected chi connectivity index (χ4v) is 5.07. The standard InChI is InChI=1S/C21H22ClNO4/c1-11-13-8-15-12(2)17(26-20(25)14-10-23-7-5-16(14)22)4-6-21(15,3)9-18(13)27-19(11)24/h5,7,10,13,15,17-18H,1-2,4,6,8-9H2,3H3/t13-,15+,17-,18-,21-/m1/s1. The van der Waals surface area contributed by atoms with Crippen molar-refractivity contribution in [3.05, 3.63) is 53.4 Å². The van der Waals surface area contributed by atoms with E-state index < -0.39 is 5.97 Å². The van der Waals surface area contributed by atoms with Gasteiger partial charge in [0.15, 0.2) is 0 Å². The molecule has 2 saturated carbocycles. The third-order valence-electron chi connectivity index (χ3n) is 6.49. The molecule has 27 heavy (non-hydrogen) atoms. The Morgan fingerprint density at radius 2 is 2.22 bits per heavy atom. The van der Waals surface area contributed by atoms with Crippen molar-refractivity contribution in [1.29, 1.82) is 0 Å². The van der Waals surface area contributed by atoms with Crippen molar-refractivity contribution in [2.75, 3.05) is 0 Å². The van der Waals surface area contributed by atoms with Crippen molar-refractivity contribution < 1.29 is 19.1 Å². The van der Waals surface area contributed by atoms with Crippen LogP contribution >= 0.6 is 11.6 Å². The number of nitrogens with zero attached hydrogens (tertiary/aromatic N) is 1. The number of hydrogen-bond acceptors (Lipinski definition) is 5. The Labute approximate surface area is 163 Å². The van der Waals surface area contributed by atoms with Crippen molar-refractivity contribution in [3.63, 3.8) is 0 Å². The predicted molar refractivity (Wildman–Crippen MR) is 100 cm³/mol. The molecule has 1 aromatic heterocycles. The molecule has 142 valence electrons. The second kappa shape index (κ2) is 6.48. The number of halogens is 1. The summed E-state index contributed by atoms with van der Waals surface area (Å²) in [4.78, 5) is 28.4. The molecule has 4 rings (SSSR count). The molecular formula is C21H22ClNO4. The van der Waals surface area contributed by atoms with E-state index in [1.165, 1.54) is 12.4 Å². The van der Waals surface area contributed by atoms with Gasteiger partial charge in [-0.2, -0.15) is 0 Å². The van der Waals surface area contributed by atoms with Gasteiger partial charge in [0.05, 0.1) is 10.6 Å². The molecule has 3 aliphatic rings. The highest BCUT2D eigenvalue weighted by Crippen LogP contribution is 2.57. The summed E-state index contributed by atoms with van der Waals surface area (Å²) >= 11 is 6.08. The first kappa shape index (κ1) is 18.2. The summed E-state index contributed by atoms with van der Waals surface area (Å²) in [7, 11) is 0. The molecule has 2 aliphatic carbocycles. The highest BCUT2D eigenvalue weighted by atomic mass is 35.5. The van der Waals surface area contributed by atoms with Crippen LogP contribution in [0.3, 0.4) is 0 Å². The van der Waals surface area contributed by atoms with E-state index in [-0.39, 0.29) is 41.0 Å². The smallest absolute Gasteiger partial charge is 0.341 e. The third-order valence-corrected chi connectivity index (χ3v) is 6.82. The zero-order chi connectivity index (χ0) is 19.3. The molecule has 0 N–H and O–H groups in total. The number of rotatable bonds is 2. The maximum atomic E-state index is 12.5. The fraction of sp³-hybridized carbons (Fsp3) is 0.476. The van der Waals surface area contributed by atoms with Crippen LogP contribution in [0.2, 0.25) is 5.02 Å². The summed E-state index contributed by atoms with van der Waals surface area (Å²) in [5.74, 6) is -0.595. The van der Waals surface area contributed by atoms with Crippen molar-refractivity contribution in [2.45, 2.75) is 44.8 Å². The minimum atomic E-state index is -0.486. The van der Waals surface area contributed by atoms with Crippen LogP contribution < -0.4 is 0 Å². The topological polar surface area (TPSA) is 65.5 Å². The summed E-state index contributed by atoms with van der Waals surface area (Å²) < 4.78 is 11.3. The van der Waals surface area contributed by atoms with Gasteiger partial charge in [0, 0.05) is 23.9 Å². The van der Waals surface area contributed by atoms with Crippen molar-refractivity contribution in [1.82, 2.24) is 4.98 Å². The molecule has 5 atom stereocenters. The van der Waals surface area contributed by atoms with Crippen molar-refractivity contribution >= 4 is 23.5 Å². The summed E-state index contributed by atoms with van der Waals surface area (Å²) in [5, 5.41) is 0.319. The normalized spacial score (nSPS) is 35.3. The average Bonchev–Trinajstić information content (AvgIpc) is 2.89. The van der Waals surface area contributed by atoms with Gasteiger partial charge >= 0.3 is 11.9 Å². The van der Waals surface area contributed by atoms with Gasteiger partial charge in [0.1, 0.15) is 12.2 Å². The van der Waals surface area contributed by atoms with Gasteiger partial charge in [-0.3, -0.25) is 4.98 Å². The summed E-state index contributed by atoms with van der Waals surface area (Å²) in [5.41, 5.74) is 1.70. The van der Waals surface area contributed by atoms with Crippen LogP contribution in [0.1, 0.15) is 43.0 Å². The maximum Gasteiger partial charge on any atom is 0.341 e. The minimum Gasteiger partial charge on any atom is -0.458 e. The molecule has 0 radical (unpaired) electrons. The third kappa shape index (κ3) is 2.98. The van der Waals surface area contributed by atoms with Crippen LogP contribution in [0.5, 0.6) is 0 Å². The minimum absolute atomic E-state index is 0.0159. The number of carbonyl (C=O) groups is 2. The first-order chi connectivity index (χ1) is 12.8. The van der Waals surface area contributed by atoms with Crippen LogP contribution in [-0.2, 0) is 14.3 Å². The lowest BCUT2D eigenvalue weighted by molar-refractivity contribution is -0.142. The molecule has 5 nitrogen and oxygen atoms in total. The van der Waals surface area contributed by atoms with Gasteiger partial charge < -0.3 is 9.47 Å². The van der Waals surface area contributed by atoms with Crippen molar-refractivity contribution in [3.8, 4) is 0 Å². The highest BCUT2D eigenvalue weighted by molar-refractivity contribution is 6.33. The molecule has 0 bridgehead atoms. The first-order valence-electron chi connectivity index (χ1n) is 9.19. The monoisotopic (exact) mass is 387 g/mol. The molecule has 1 aliphatic heterocycles. The number of fused-ring (bicyclic) bond motifs is 2. The van der Waals surface area contributed by atoms with E-state index in [1.807, 2.05) is 0 Å². The number of ether oxygens (including phenoxy) is 2. The lowest BCUT2D eigenvalue weighted by Crippen LogP contribution is -2.47. The van der Waals surface area contributed by atoms with E-state index >= 15 is 0 Å². The quantitative estimate of drug-likeness (QED) is 0.433. The Kier molecular flexibility index (Phi) is 4.38. The van der Waals surface area contributed by atoms with E-state index in [1.54, 1.807) is 6.07 Å². The maximum absolute atomic E-state index is 12.5. The summed E-state index contributed by atoms with van der Waals surface area (Å²) in [6.45, 7) is 10.4. The zero-order valence-corrected chi connectivity index (χ0v) is 16.0. The van der Waals surface area contributed by atoms with Gasteiger partial charge in [-0.1, -0.05) is 31.7 Å². The van der Waals surface area contributed by atoms with Gasteiger partial charge in [-0.15, -0.1) is 0 Å². The Bertz CT molecular complexity index is 850. The van der Waals surface area contributed by atoms with Crippen LogP contribution in [-0.4, -0.2) is 29.1 Å². The zero-order valence-electron chi connectivity index (χ0n) is 15.2. The number of carbonyl (C=O) groups excluding carboxylic acids is 2.